The van der Waals surface area contributed by atoms with E-state index in [9.17, 15) is 5.11 Å². The fraction of sp³-hybridized carbons (Fsp3) is 0.647. The van der Waals surface area contributed by atoms with E-state index in [1.807, 2.05) is 25.1 Å². The first-order valence-corrected chi connectivity index (χ1v) is 7.82. The molecule has 0 radical (unpaired) electrons. The highest BCUT2D eigenvalue weighted by Gasteiger charge is 2.21. The summed E-state index contributed by atoms with van der Waals surface area (Å²) in [6, 6.07) is 5.92. The topological polar surface area (TPSA) is 41.9 Å². The minimum atomic E-state index is -0.452. The van der Waals surface area contributed by atoms with Gasteiger partial charge in [0.2, 0.25) is 0 Å². The molecule has 0 bridgehead atoms. The Balaban J connectivity index is 2.08. The molecule has 1 saturated heterocycles. The van der Waals surface area contributed by atoms with Crippen LogP contribution in [-0.2, 0) is 11.3 Å². The van der Waals surface area contributed by atoms with Crippen LogP contribution in [0.1, 0.15) is 43.9 Å². The van der Waals surface area contributed by atoms with E-state index in [2.05, 4.69) is 4.90 Å². The van der Waals surface area contributed by atoms with Gasteiger partial charge in [0.1, 0.15) is 5.75 Å². The van der Waals surface area contributed by atoms with Gasteiger partial charge in [-0.3, -0.25) is 4.90 Å². The number of piperidine rings is 1. The van der Waals surface area contributed by atoms with Crippen LogP contribution < -0.4 is 4.74 Å². The molecule has 1 heterocycles. The molecule has 1 aliphatic rings. The van der Waals surface area contributed by atoms with Gasteiger partial charge in [0.25, 0.3) is 0 Å². The zero-order valence-corrected chi connectivity index (χ0v) is 13.3. The standard InChI is InChI=1S/C17H27NO3/c1-4-21-16-6-5-9-18(12-16)11-15-10-14(13(2)19)7-8-17(15)20-3/h7-8,10,13,16,19H,4-6,9,11-12H2,1-3H3. The zero-order valence-electron chi connectivity index (χ0n) is 13.3. The summed E-state index contributed by atoms with van der Waals surface area (Å²) in [5.41, 5.74) is 2.07. The van der Waals surface area contributed by atoms with E-state index in [0.717, 1.165) is 49.5 Å². The van der Waals surface area contributed by atoms with E-state index in [-0.39, 0.29) is 0 Å². The van der Waals surface area contributed by atoms with Crippen molar-refractivity contribution < 1.29 is 14.6 Å². The lowest BCUT2D eigenvalue weighted by Gasteiger charge is -2.32. The van der Waals surface area contributed by atoms with Gasteiger partial charge in [-0.15, -0.1) is 0 Å². The fourth-order valence-electron chi connectivity index (χ4n) is 2.95. The van der Waals surface area contributed by atoms with E-state index >= 15 is 0 Å². The highest BCUT2D eigenvalue weighted by atomic mass is 16.5. The van der Waals surface area contributed by atoms with Crippen molar-refractivity contribution in [2.24, 2.45) is 0 Å². The summed E-state index contributed by atoms with van der Waals surface area (Å²) in [5.74, 6) is 0.887. The molecular formula is C17H27NO3. The number of ether oxygens (including phenoxy) is 2. The quantitative estimate of drug-likeness (QED) is 0.875. The molecule has 1 aliphatic heterocycles. The predicted molar refractivity (Wildman–Crippen MR) is 83.6 cm³/mol. The molecule has 21 heavy (non-hydrogen) atoms. The van der Waals surface area contributed by atoms with Gasteiger partial charge in [0.15, 0.2) is 0 Å². The second-order valence-corrected chi connectivity index (χ2v) is 5.70. The third-order valence-electron chi connectivity index (χ3n) is 4.05. The zero-order chi connectivity index (χ0) is 15.2. The Morgan fingerprint density at radius 1 is 1.43 bits per heavy atom. The molecule has 0 amide bonds. The summed E-state index contributed by atoms with van der Waals surface area (Å²) >= 11 is 0. The Hall–Kier alpha value is -1.10. The van der Waals surface area contributed by atoms with Crippen molar-refractivity contribution in [2.45, 2.75) is 45.4 Å². The molecule has 2 atom stereocenters. The van der Waals surface area contributed by atoms with Crippen molar-refractivity contribution in [2.75, 3.05) is 26.8 Å². The van der Waals surface area contributed by atoms with Crippen LogP contribution in [0.25, 0.3) is 0 Å². The van der Waals surface area contributed by atoms with Crippen molar-refractivity contribution in [1.82, 2.24) is 4.90 Å². The van der Waals surface area contributed by atoms with Crippen molar-refractivity contribution >= 4 is 0 Å². The van der Waals surface area contributed by atoms with E-state index < -0.39 is 6.10 Å². The lowest BCUT2D eigenvalue weighted by molar-refractivity contribution is 0.00344. The third kappa shape index (κ3) is 4.43. The highest BCUT2D eigenvalue weighted by Crippen LogP contribution is 2.26. The number of nitrogens with zero attached hydrogens (tertiary/aromatic N) is 1. The Kier molecular flexibility index (Phi) is 6.03. The van der Waals surface area contributed by atoms with Gasteiger partial charge in [0, 0.05) is 25.3 Å². The average molecular weight is 293 g/mol. The summed E-state index contributed by atoms with van der Waals surface area (Å²) in [4.78, 5) is 2.41. The number of benzene rings is 1. The van der Waals surface area contributed by atoms with Gasteiger partial charge in [0.05, 0.1) is 19.3 Å². The van der Waals surface area contributed by atoms with Crippen LogP contribution in [0.15, 0.2) is 18.2 Å². The number of likely N-dealkylation sites (tertiary alicyclic amines) is 1. The van der Waals surface area contributed by atoms with Gasteiger partial charge in [-0.05, 0) is 50.9 Å². The monoisotopic (exact) mass is 293 g/mol. The fourth-order valence-corrected chi connectivity index (χ4v) is 2.95. The Bertz CT molecular complexity index is 446. The molecule has 1 fully saturated rings. The Morgan fingerprint density at radius 2 is 2.24 bits per heavy atom. The van der Waals surface area contributed by atoms with E-state index in [1.54, 1.807) is 14.0 Å². The van der Waals surface area contributed by atoms with Crippen molar-refractivity contribution in [3.05, 3.63) is 29.3 Å². The number of rotatable bonds is 6. The van der Waals surface area contributed by atoms with Crippen molar-refractivity contribution in [3.63, 3.8) is 0 Å². The summed E-state index contributed by atoms with van der Waals surface area (Å²) in [6.45, 7) is 7.51. The van der Waals surface area contributed by atoms with Crippen LogP contribution in [0, 0.1) is 0 Å². The summed E-state index contributed by atoms with van der Waals surface area (Å²) in [7, 11) is 1.69. The molecule has 2 unspecified atom stereocenters. The molecule has 1 aromatic carbocycles. The maximum absolute atomic E-state index is 9.76. The van der Waals surface area contributed by atoms with Gasteiger partial charge in [-0.2, -0.15) is 0 Å². The summed E-state index contributed by atoms with van der Waals surface area (Å²) in [6.07, 6.45) is 2.21. The minimum absolute atomic E-state index is 0.342. The molecule has 0 saturated carbocycles. The smallest absolute Gasteiger partial charge is 0.123 e. The third-order valence-corrected chi connectivity index (χ3v) is 4.05. The van der Waals surface area contributed by atoms with Crippen LogP contribution in [0.3, 0.4) is 0 Å². The number of methoxy groups -OCH3 is 1. The first-order valence-electron chi connectivity index (χ1n) is 7.82. The van der Waals surface area contributed by atoms with Gasteiger partial charge in [-0.1, -0.05) is 6.07 Å². The number of hydrogen-bond acceptors (Lipinski definition) is 4. The van der Waals surface area contributed by atoms with E-state index in [4.69, 9.17) is 9.47 Å². The minimum Gasteiger partial charge on any atom is -0.496 e. The summed E-state index contributed by atoms with van der Waals surface area (Å²) < 4.78 is 11.2. The molecule has 4 heteroatoms. The largest absolute Gasteiger partial charge is 0.496 e. The number of aliphatic hydroxyl groups excluding tert-OH is 1. The SMILES string of the molecule is CCOC1CCCN(Cc2cc(C(C)O)ccc2OC)C1. The number of aliphatic hydroxyl groups is 1. The second kappa shape index (κ2) is 7.78. The Labute approximate surface area is 127 Å². The normalized spacial score (nSPS) is 21.2. The Morgan fingerprint density at radius 3 is 2.90 bits per heavy atom. The maximum atomic E-state index is 9.76. The molecule has 1 aromatic rings. The van der Waals surface area contributed by atoms with Gasteiger partial charge < -0.3 is 14.6 Å². The molecule has 118 valence electrons. The van der Waals surface area contributed by atoms with Crippen LogP contribution in [0.4, 0.5) is 0 Å². The summed E-state index contributed by atoms with van der Waals surface area (Å²) in [5, 5.41) is 9.76. The molecule has 1 N–H and O–H groups in total. The highest BCUT2D eigenvalue weighted by molar-refractivity contribution is 5.38. The van der Waals surface area contributed by atoms with Crippen molar-refractivity contribution in [1.29, 1.82) is 0 Å². The van der Waals surface area contributed by atoms with Crippen LogP contribution in [-0.4, -0.2) is 42.9 Å². The second-order valence-electron chi connectivity index (χ2n) is 5.70. The number of hydrogen-bond donors (Lipinski definition) is 1. The predicted octanol–water partition coefficient (Wildman–Crippen LogP) is 2.75. The van der Waals surface area contributed by atoms with Crippen molar-refractivity contribution in [3.8, 4) is 5.75 Å². The van der Waals surface area contributed by atoms with Crippen LogP contribution in [0.2, 0.25) is 0 Å². The molecule has 2 rings (SSSR count). The molecule has 0 aliphatic carbocycles. The van der Waals surface area contributed by atoms with Crippen LogP contribution in [0.5, 0.6) is 5.75 Å². The van der Waals surface area contributed by atoms with Gasteiger partial charge >= 0.3 is 0 Å². The molecular weight excluding hydrogens is 266 g/mol. The van der Waals surface area contributed by atoms with Crippen LogP contribution >= 0.6 is 0 Å². The maximum Gasteiger partial charge on any atom is 0.123 e. The van der Waals surface area contributed by atoms with E-state index in [0.29, 0.717) is 6.10 Å². The average Bonchev–Trinajstić information content (AvgIpc) is 2.48. The van der Waals surface area contributed by atoms with E-state index in [1.165, 1.54) is 6.42 Å². The first kappa shape index (κ1) is 16.3. The molecule has 0 aromatic heterocycles. The first-order chi connectivity index (χ1) is 10.1. The van der Waals surface area contributed by atoms with Gasteiger partial charge in [-0.25, -0.2) is 0 Å². The molecule has 4 nitrogen and oxygen atoms in total. The lowest BCUT2D eigenvalue weighted by atomic mass is 10.0. The molecule has 0 spiro atoms. The lowest BCUT2D eigenvalue weighted by Crippen LogP contribution is -2.39.